The molecule has 4 atom stereocenters. The maximum absolute atomic E-state index is 10.7. The van der Waals surface area contributed by atoms with Crippen molar-refractivity contribution in [2.24, 2.45) is 0 Å². The van der Waals surface area contributed by atoms with Crippen LogP contribution in [0, 0.1) is 0 Å². The van der Waals surface area contributed by atoms with Gasteiger partial charge in [-0.2, -0.15) is 0 Å². The quantitative estimate of drug-likeness (QED) is 0.324. The van der Waals surface area contributed by atoms with Crippen molar-refractivity contribution in [2.75, 3.05) is 6.61 Å². The van der Waals surface area contributed by atoms with Gasteiger partial charge in [-0.05, 0) is 0 Å². The summed E-state index contributed by atoms with van der Waals surface area (Å²) in [4.78, 5) is 17.3. The molecule has 0 aromatic heterocycles. The summed E-state index contributed by atoms with van der Waals surface area (Å²) in [6.45, 7) is -0.602. The van der Waals surface area contributed by atoms with Crippen LogP contribution in [-0.2, 0) is 9.30 Å². The summed E-state index contributed by atoms with van der Waals surface area (Å²) in [6.07, 6.45) is -4.28. The van der Waals surface area contributed by atoms with Gasteiger partial charge in [0.25, 0.3) is 0 Å². The molecule has 0 bridgehead atoms. The van der Waals surface area contributed by atoms with Gasteiger partial charge in [-0.1, -0.05) is 0 Å². The van der Waals surface area contributed by atoms with Crippen molar-refractivity contribution < 1.29 is 34.4 Å². The van der Waals surface area contributed by atoms with Crippen molar-refractivity contribution >= 4 is 7.60 Å². The number of hydrogen-bond acceptors (Lipinski definition) is 5. The highest BCUT2D eigenvalue weighted by Gasteiger charge is 2.50. The van der Waals surface area contributed by atoms with Crippen molar-refractivity contribution in [3.05, 3.63) is 0 Å². The van der Waals surface area contributed by atoms with E-state index in [9.17, 15) is 4.57 Å². The number of aliphatic hydroxyl groups excluding tert-OH is 3. The second-order valence-corrected chi connectivity index (χ2v) is 4.51. The summed E-state index contributed by atoms with van der Waals surface area (Å²) >= 11 is 0. The van der Waals surface area contributed by atoms with Crippen molar-refractivity contribution in [3.8, 4) is 0 Å². The fraction of sp³-hybridized carbons (Fsp3) is 1.00. The van der Waals surface area contributed by atoms with Gasteiger partial charge in [-0.3, -0.25) is 4.57 Å². The molecule has 1 unspecified atom stereocenters. The first-order valence-electron chi connectivity index (χ1n) is 3.55. The summed E-state index contributed by atoms with van der Waals surface area (Å²) in [5, 5.41) is 26.8. The lowest BCUT2D eigenvalue weighted by Crippen LogP contribution is -2.33. The normalized spacial score (nSPS) is 41.0. The number of ether oxygens (including phenoxy) is 1. The van der Waals surface area contributed by atoms with E-state index >= 15 is 0 Å². The van der Waals surface area contributed by atoms with Crippen molar-refractivity contribution in [2.45, 2.75) is 24.2 Å². The highest BCUT2D eigenvalue weighted by Crippen LogP contribution is 2.47. The Hall–Kier alpha value is -0.0100. The van der Waals surface area contributed by atoms with Crippen LogP contribution in [0.2, 0.25) is 0 Å². The van der Waals surface area contributed by atoms with Gasteiger partial charge in [0.15, 0.2) is 5.85 Å². The zero-order chi connectivity index (χ0) is 10.2. The maximum Gasteiger partial charge on any atom is 0.356 e. The van der Waals surface area contributed by atoms with Crippen LogP contribution >= 0.6 is 7.60 Å². The average molecular weight is 214 g/mol. The zero-order valence-electron chi connectivity index (χ0n) is 6.52. The average Bonchev–Trinajstić information content (AvgIpc) is 2.28. The van der Waals surface area contributed by atoms with Gasteiger partial charge in [-0.25, -0.2) is 0 Å². The van der Waals surface area contributed by atoms with Gasteiger partial charge in [0.1, 0.15) is 18.3 Å². The maximum atomic E-state index is 10.7. The van der Waals surface area contributed by atoms with Gasteiger partial charge in [0.2, 0.25) is 0 Å². The van der Waals surface area contributed by atoms with Crippen molar-refractivity contribution in [3.63, 3.8) is 0 Å². The van der Waals surface area contributed by atoms with E-state index in [2.05, 4.69) is 4.74 Å². The molecule has 0 aromatic carbocycles. The molecule has 0 radical (unpaired) electrons. The molecule has 1 rings (SSSR count). The Morgan fingerprint density at radius 1 is 1.23 bits per heavy atom. The molecule has 0 aromatic rings. The first kappa shape index (κ1) is 11.1. The van der Waals surface area contributed by atoms with Gasteiger partial charge < -0.3 is 29.8 Å². The minimum absolute atomic E-state index is 0.602. The van der Waals surface area contributed by atoms with E-state index in [1.165, 1.54) is 0 Å². The molecule has 7 nitrogen and oxygen atoms in total. The standard InChI is InChI=1S/C5H11O7P/c6-1-2-3(7)4(8)5(12-2)13(9,10)11/h2-8H,1H2,(H2,9,10,11)/t2-,3-,4-,5?/m1/s1. The SMILES string of the molecule is O=P(O)(O)C1O[C@H](CO)[C@@H](O)[C@H]1O. The van der Waals surface area contributed by atoms with Gasteiger partial charge in [0.05, 0.1) is 6.61 Å². The molecule has 13 heavy (non-hydrogen) atoms. The fourth-order valence-corrected chi connectivity index (χ4v) is 2.05. The lowest BCUT2D eigenvalue weighted by Gasteiger charge is -2.15. The monoisotopic (exact) mass is 214 g/mol. The third kappa shape index (κ3) is 2.08. The second-order valence-electron chi connectivity index (χ2n) is 2.82. The van der Waals surface area contributed by atoms with E-state index in [4.69, 9.17) is 25.1 Å². The first-order chi connectivity index (χ1) is 5.88. The minimum Gasteiger partial charge on any atom is -0.394 e. The Labute approximate surface area is 73.7 Å². The fourth-order valence-electron chi connectivity index (χ4n) is 1.16. The molecule has 0 spiro atoms. The van der Waals surface area contributed by atoms with Crippen LogP contribution in [0.25, 0.3) is 0 Å². The highest BCUT2D eigenvalue weighted by molar-refractivity contribution is 7.52. The predicted octanol–water partition coefficient (Wildman–Crippen LogP) is -2.40. The summed E-state index contributed by atoms with van der Waals surface area (Å²) < 4.78 is 15.3. The Morgan fingerprint density at radius 2 is 1.77 bits per heavy atom. The van der Waals surface area contributed by atoms with Crippen molar-refractivity contribution in [1.82, 2.24) is 0 Å². The van der Waals surface area contributed by atoms with Crippen LogP contribution in [0.3, 0.4) is 0 Å². The van der Waals surface area contributed by atoms with Gasteiger partial charge >= 0.3 is 7.60 Å². The molecule has 1 fully saturated rings. The molecule has 8 heteroatoms. The van der Waals surface area contributed by atoms with E-state index in [0.29, 0.717) is 0 Å². The lowest BCUT2D eigenvalue weighted by molar-refractivity contribution is -0.0110. The zero-order valence-corrected chi connectivity index (χ0v) is 7.41. The molecule has 1 aliphatic rings. The third-order valence-corrected chi connectivity index (χ3v) is 2.94. The summed E-state index contributed by atoms with van der Waals surface area (Å²) in [5.74, 6) is -1.75. The van der Waals surface area contributed by atoms with Crippen LogP contribution in [0.5, 0.6) is 0 Å². The van der Waals surface area contributed by atoms with Crippen LogP contribution in [-0.4, -0.2) is 55.9 Å². The number of aliphatic hydroxyl groups is 3. The second kappa shape index (κ2) is 3.62. The smallest absolute Gasteiger partial charge is 0.356 e. The highest BCUT2D eigenvalue weighted by atomic mass is 31.2. The van der Waals surface area contributed by atoms with E-state index in [-0.39, 0.29) is 0 Å². The first-order valence-corrected chi connectivity index (χ1v) is 5.23. The van der Waals surface area contributed by atoms with Gasteiger partial charge in [0, 0.05) is 0 Å². The molecular weight excluding hydrogens is 203 g/mol. The largest absolute Gasteiger partial charge is 0.394 e. The third-order valence-electron chi connectivity index (χ3n) is 1.85. The van der Waals surface area contributed by atoms with E-state index in [1.807, 2.05) is 0 Å². The number of hydrogen-bond donors (Lipinski definition) is 5. The summed E-state index contributed by atoms with van der Waals surface area (Å²) in [6, 6.07) is 0. The minimum atomic E-state index is -4.60. The molecular formula is C5H11O7P. The van der Waals surface area contributed by atoms with E-state index in [1.54, 1.807) is 0 Å². The van der Waals surface area contributed by atoms with Gasteiger partial charge in [-0.15, -0.1) is 0 Å². The molecule has 5 N–H and O–H groups in total. The molecule has 0 saturated carbocycles. The molecule has 78 valence electrons. The van der Waals surface area contributed by atoms with Crippen molar-refractivity contribution in [1.29, 1.82) is 0 Å². The van der Waals surface area contributed by atoms with Crippen LogP contribution in [0.15, 0.2) is 0 Å². The molecule has 1 aliphatic heterocycles. The molecule has 1 heterocycles. The number of rotatable bonds is 2. The Balaban J connectivity index is 2.77. The molecule has 1 saturated heterocycles. The lowest BCUT2D eigenvalue weighted by atomic mass is 10.2. The molecule has 0 amide bonds. The predicted molar refractivity (Wildman–Crippen MR) is 39.8 cm³/mol. The van der Waals surface area contributed by atoms with E-state index in [0.717, 1.165) is 0 Å². The summed E-state index contributed by atoms with van der Waals surface area (Å²) in [7, 11) is -4.60. The van der Waals surface area contributed by atoms with Crippen LogP contribution < -0.4 is 0 Å². The Bertz CT molecular complexity index is 225. The van der Waals surface area contributed by atoms with Crippen LogP contribution in [0.4, 0.5) is 0 Å². The van der Waals surface area contributed by atoms with Crippen LogP contribution in [0.1, 0.15) is 0 Å². The summed E-state index contributed by atoms with van der Waals surface area (Å²) in [5.41, 5.74) is 0. The van der Waals surface area contributed by atoms with E-state index < -0.39 is 38.4 Å². The molecule has 0 aliphatic carbocycles. The Morgan fingerprint density at radius 3 is 2.00 bits per heavy atom. The topological polar surface area (TPSA) is 127 Å². The Kier molecular flexibility index (Phi) is 3.09.